The van der Waals surface area contributed by atoms with Crippen LogP contribution in [0.2, 0.25) is 0 Å². The van der Waals surface area contributed by atoms with E-state index in [2.05, 4.69) is 16.0 Å². The van der Waals surface area contributed by atoms with Crippen LogP contribution in [0.1, 0.15) is 19.3 Å². The molecule has 0 aliphatic heterocycles. The van der Waals surface area contributed by atoms with Crippen LogP contribution in [0.4, 0.5) is 16.2 Å². The quantitative estimate of drug-likeness (QED) is 0.673. The van der Waals surface area contributed by atoms with Gasteiger partial charge in [0, 0.05) is 24.5 Å². The summed E-state index contributed by atoms with van der Waals surface area (Å²) in [5.41, 5.74) is 7.28. The van der Waals surface area contributed by atoms with Crippen LogP contribution in [-0.4, -0.2) is 25.0 Å². The van der Waals surface area contributed by atoms with E-state index in [1.54, 1.807) is 31.3 Å². The summed E-state index contributed by atoms with van der Waals surface area (Å²) in [5.74, 6) is -0.124. The first kappa shape index (κ1) is 14.3. The predicted molar refractivity (Wildman–Crippen MR) is 78.5 cm³/mol. The lowest BCUT2D eigenvalue weighted by Crippen LogP contribution is -2.34. The number of carbonyl (C=O) groups is 2. The average molecular weight is 276 g/mol. The molecule has 2 rings (SSSR count). The van der Waals surface area contributed by atoms with Crippen molar-refractivity contribution in [1.82, 2.24) is 5.32 Å². The summed E-state index contributed by atoms with van der Waals surface area (Å²) in [4.78, 5) is 23.2. The summed E-state index contributed by atoms with van der Waals surface area (Å²) < 4.78 is 0. The van der Waals surface area contributed by atoms with E-state index < -0.39 is 0 Å². The molecule has 1 aromatic rings. The SMILES string of the molecule is CNC(=O)Nc1ccc(NC(=O)C2CCCC2N)cc1. The van der Waals surface area contributed by atoms with Crippen LogP contribution in [0.5, 0.6) is 0 Å². The Hall–Kier alpha value is -2.08. The minimum absolute atomic E-state index is 0.0259. The molecule has 2 unspecified atom stereocenters. The molecule has 0 bridgehead atoms. The zero-order valence-corrected chi connectivity index (χ0v) is 11.5. The molecule has 6 heteroatoms. The minimum atomic E-state index is -0.279. The molecule has 20 heavy (non-hydrogen) atoms. The van der Waals surface area contributed by atoms with Crippen LogP contribution >= 0.6 is 0 Å². The van der Waals surface area contributed by atoms with E-state index in [9.17, 15) is 9.59 Å². The van der Waals surface area contributed by atoms with Gasteiger partial charge in [-0.3, -0.25) is 4.79 Å². The number of hydrogen-bond acceptors (Lipinski definition) is 3. The molecule has 6 nitrogen and oxygen atoms in total. The molecule has 3 amide bonds. The highest BCUT2D eigenvalue weighted by atomic mass is 16.2. The van der Waals surface area contributed by atoms with Crippen molar-refractivity contribution in [2.75, 3.05) is 17.7 Å². The molecule has 0 aromatic heterocycles. The summed E-state index contributed by atoms with van der Waals surface area (Å²) >= 11 is 0. The Kier molecular flexibility index (Phi) is 4.57. The van der Waals surface area contributed by atoms with Crippen molar-refractivity contribution in [3.05, 3.63) is 24.3 Å². The molecule has 1 saturated carbocycles. The van der Waals surface area contributed by atoms with Gasteiger partial charge in [-0.2, -0.15) is 0 Å². The number of nitrogens with two attached hydrogens (primary N) is 1. The second-order valence-electron chi connectivity index (χ2n) is 4.97. The molecule has 1 aliphatic rings. The van der Waals surface area contributed by atoms with E-state index in [0.717, 1.165) is 19.3 Å². The lowest BCUT2D eigenvalue weighted by Gasteiger charge is -2.15. The first-order chi connectivity index (χ1) is 9.60. The number of urea groups is 1. The largest absolute Gasteiger partial charge is 0.341 e. The van der Waals surface area contributed by atoms with Crippen LogP contribution in [0.15, 0.2) is 24.3 Å². The summed E-state index contributed by atoms with van der Waals surface area (Å²) in [7, 11) is 1.55. The smallest absolute Gasteiger partial charge is 0.318 e. The Balaban J connectivity index is 1.93. The molecule has 1 aromatic carbocycles. The van der Waals surface area contributed by atoms with Crippen molar-refractivity contribution in [1.29, 1.82) is 0 Å². The Morgan fingerprint density at radius 3 is 2.20 bits per heavy atom. The van der Waals surface area contributed by atoms with Crippen molar-refractivity contribution >= 4 is 23.3 Å². The van der Waals surface area contributed by atoms with Gasteiger partial charge in [0.05, 0.1) is 5.92 Å². The number of carbonyl (C=O) groups excluding carboxylic acids is 2. The number of hydrogen-bond donors (Lipinski definition) is 4. The third-order valence-electron chi connectivity index (χ3n) is 3.54. The maximum atomic E-state index is 12.1. The molecule has 5 N–H and O–H groups in total. The first-order valence-electron chi connectivity index (χ1n) is 6.75. The Labute approximate surface area is 118 Å². The molecule has 1 aliphatic carbocycles. The fraction of sp³-hybridized carbons (Fsp3) is 0.429. The maximum absolute atomic E-state index is 12.1. The fourth-order valence-electron chi connectivity index (χ4n) is 2.38. The predicted octanol–water partition coefficient (Wildman–Crippen LogP) is 1.50. The zero-order chi connectivity index (χ0) is 14.5. The Morgan fingerprint density at radius 2 is 1.70 bits per heavy atom. The van der Waals surface area contributed by atoms with Crippen LogP contribution in [-0.2, 0) is 4.79 Å². The van der Waals surface area contributed by atoms with Crippen molar-refractivity contribution in [2.24, 2.45) is 11.7 Å². The normalized spacial score (nSPS) is 21.3. The van der Waals surface area contributed by atoms with Gasteiger partial charge in [0.15, 0.2) is 0 Å². The highest BCUT2D eigenvalue weighted by Gasteiger charge is 2.30. The Bertz CT molecular complexity index is 486. The molecule has 1 fully saturated rings. The van der Waals surface area contributed by atoms with Gasteiger partial charge < -0.3 is 21.7 Å². The van der Waals surface area contributed by atoms with Gasteiger partial charge in [-0.15, -0.1) is 0 Å². The number of amides is 3. The van der Waals surface area contributed by atoms with Gasteiger partial charge in [-0.05, 0) is 37.1 Å². The highest BCUT2D eigenvalue weighted by Crippen LogP contribution is 2.25. The molecule has 108 valence electrons. The summed E-state index contributed by atoms with van der Waals surface area (Å²) in [6, 6.07) is 6.66. The summed E-state index contributed by atoms with van der Waals surface area (Å²) in [5, 5.41) is 7.98. The van der Waals surface area contributed by atoms with Gasteiger partial charge in [-0.25, -0.2) is 4.79 Å². The second kappa shape index (κ2) is 6.38. The number of nitrogens with one attached hydrogen (secondary N) is 3. The molecular formula is C14H20N4O2. The topological polar surface area (TPSA) is 96.2 Å². The number of benzene rings is 1. The van der Waals surface area contributed by atoms with Crippen LogP contribution in [0, 0.1) is 5.92 Å². The molecule has 0 radical (unpaired) electrons. The summed E-state index contributed by atoms with van der Waals surface area (Å²) in [6.07, 6.45) is 2.77. The lowest BCUT2D eigenvalue weighted by molar-refractivity contribution is -0.120. The van der Waals surface area contributed by atoms with Crippen LogP contribution in [0.3, 0.4) is 0 Å². The second-order valence-corrected chi connectivity index (χ2v) is 4.97. The van der Waals surface area contributed by atoms with E-state index in [1.165, 1.54) is 0 Å². The van der Waals surface area contributed by atoms with E-state index in [-0.39, 0.29) is 23.9 Å². The van der Waals surface area contributed by atoms with E-state index in [4.69, 9.17) is 5.73 Å². The number of rotatable bonds is 3. The molecule has 2 atom stereocenters. The minimum Gasteiger partial charge on any atom is -0.341 e. The van der Waals surface area contributed by atoms with Crippen molar-refractivity contribution in [3.8, 4) is 0 Å². The van der Waals surface area contributed by atoms with Gasteiger partial charge in [0.25, 0.3) is 0 Å². The monoisotopic (exact) mass is 276 g/mol. The van der Waals surface area contributed by atoms with E-state index in [0.29, 0.717) is 11.4 Å². The fourth-order valence-corrected chi connectivity index (χ4v) is 2.38. The third kappa shape index (κ3) is 3.48. The van der Waals surface area contributed by atoms with Crippen molar-refractivity contribution < 1.29 is 9.59 Å². The van der Waals surface area contributed by atoms with Gasteiger partial charge in [0.2, 0.25) is 5.91 Å². The van der Waals surface area contributed by atoms with Crippen molar-refractivity contribution in [2.45, 2.75) is 25.3 Å². The molecule has 0 saturated heterocycles. The maximum Gasteiger partial charge on any atom is 0.318 e. The third-order valence-corrected chi connectivity index (χ3v) is 3.54. The zero-order valence-electron chi connectivity index (χ0n) is 11.5. The van der Waals surface area contributed by atoms with Gasteiger partial charge >= 0.3 is 6.03 Å². The van der Waals surface area contributed by atoms with Gasteiger partial charge in [-0.1, -0.05) is 6.42 Å². The molecule has 0 heterocycles. The van der Waals surface area contributed by atoms with Gasteiger partial charge in [0.1, 0.15) is 0 Å². The molecule has 0 spiro atoms. The standard InChI is InChI=1S/C14H20N4O2/c1-16-14(20)18-10-7-5-9(6-8-10)17-13(19)11-3-2-4-12(11)15/h5-8,11-12H,2-4,15H2,1H3,(H,17,19)(H2,16,18,20). The van der Waals surface area contributed by atoms with Crippen LogP contribution in [0.25, 0.3) is 0 Å². The van der Waals surface area contributed by atoms with Crippen LogP contribution < -0.4 is 21.7 Å². The highest BCUT2D eigenvalue weighted by molar-refractivity contribution is 5.94. The number of anilines is 2. The molecular weight excluding hydrogens is 256 g/mol. The Morgan fingerprint density at radius 1 is 1.10 bits per heavy atom. The lowest BCUT2D eigenvalue weighted by atomic mass is 10.0. The first-order valence-corrected chi connectivity index (χ1v) is 6.75. The van der Waals surface area contributed by atoms with Crippen molar-refractivity contribution in [3.63, 3.8) is 0 Å². The summed E-state index contributed by atoms with van der Waals surface area (Å²) in [6.45, 7) is 0. The van der Waals surface area contributed by atoms with E-state index >= 15 is 0 Å². The van der Waals surface area contributed by atoms with E-state index in [1.807, 2.05) is 0 Å². The average Bonchev–Trinajstić information content (AvgIpc) is 2.87.